The lowest BCUT2D eigenvalue weighted by atomic mass is 9.93. The van der Waals surface area contributed by atoms with Gasteiger partial charge in [0.15, 0.2) is 0 Å². The maximum atomic E-state index is 14.9. The minimum Gasteiger partial charge on any atom is -0.442 e. The van der Waals surface area contributed by atoms with E-state index in [1.165, 1.54) is 17.9 Å². The molecule has 3 aliphatic rings. The first-order valence-corrected chi connectivity index (χ1v) is 9.94. The molecule has 3 amide bonds. The van der Waals surface area contributed by atoms with Crippen molar-refractivity contribution < 1.29 is 23.5 Å². The maximum absolute atomic E-state index is 14.9. The normalized spacial score (nSPS) is 26.3. The van der Waals surface area contributed by atoms with Crippen LogP contribution < -0.4 is 15.1 Å². The van der Waals surface area contributed by atoms with Gasteiger partial charge in [0.05, 0.1) is 30.5 Å². The topological polar surface area (TPSA) is 82.2 Å². The summed E-state index contributed by atoms with van der Waals surface area (Å²) in [5.41, 5.74) is 0.907. The number of carbonyl (C=O) groups is 3. The summed E-state index contributed by atoms with van der Waals surface area (Å²) in [4.78, 5) is 39.7. The molecule has 156 valence electrons. The largest absolute Gasteiger partial charge is 0.442 e. The van der Waals surface area contributed by atoms with Crippen molar-refractivity contribution in [3.05, 3.63) is 24.0 Å². The van der Waals surface area contributed by atoms with Crippen LogP contribution in [0, 0.1) is 11.7 Å². The predicted molar refractivity (Wildman–Crippen MR) is 104 cm³/mol. The van der Waals surface area contributed by atoms with E-state index in [1.807, 2.05) is 9.80 Å². The fraction of sp³-hybridized carbons (Fsp3) is 0.550. The monoisotopic (exact) mass is 404 g/mol. The Bertz CT molecular complexity index is 820. The van der Waals surface area contributed by atoms with E-state index in [2.05, 4.69) is 5.32 Å². The molecule has 0 spiro atoms. The number of amides is 3. The number of ether oxygens (including phenoxy) is 1. The average Bonchev–Trinajstić information content (AvgIpc) is 3.29. The summed E-state index contributed by atoms with van der Waals surface area (Å²) < 4.78 is 20.2. The van der Waals surface area contributed by atoms with E-state index in [0.29, 0.717) is 23.8 Å². The Labute approximate surface area is 168 Å². The summed E-state index contributed by atoms with van der Waals surface area (Å²) in [6, 6.07) is 4.86. The molecule has 0 aromatic heterocycles. The molecule has 9 heteroatoms. The Morgan fingerprint density at radius 1 is 1.34 bits per heavy atom. The highest BCUT2D eigenvalue weighted by Crippen LogP contribution is 2.35. The van der Waals surface area contributed by atoms with Crippen LogP contribution >= 0.6 is 0 Å². The van der Waals surface area contributed by atoms with Crippen LogP contribution in [0.1, 0.15) is 19.8 Å². The van der Waals surface area contributed by atoms with Crippen molar-refractivity contribution in [2.75, 3.05) is 42.5 Å². The molecule has 1 aromatic rings. The molecule has 29 heavy (non-hydrogen) atoms. The number of cyclic esters (lactones) is 1. The minimum absolute atomic E-state index is 0.128. The third-order valence-corrected chi connectivity index (χ3v) is 6.00. The van der Waals surface area contributed by atoms with E-state index in [4.69, 9.17) is 4.74 Å². The van der Waals surface area contributed by atoms with Gasteiger partial charge >= 0.3 is 6.09 Å². The van der Waals surface area contributed by atoms with Crippen LogP contribution in [0.2, 0.25) is 0 Å². The summed E-state index contributed by atoms with van der Waals surface area (Å²) in [7, 11) is 0. The zero-order valence-electron chi connectivity index (χ0n) is 16.3. The highest BCUT2D eigenvalue weighted by atomic mass is 19.1. The Kier molecular flexibility index (Phi) is 5.29. The fourth-order valence-electron chi connectivity index (χ4n) is 4.56. The number of rotatable bonds is 5. The number of nitrogens with one attached hydrogen (secondary N) is 1. The quantitative estimate of drug-likeness (QED) is 0.749. The van der Waals surface area contributed by atoms with Gasteiger partial charge in [-0.2, -0.15) is 0 Å². The molecule has 0 saturated carbocycles. The Balaban J connectivity index is 1.45. The van der Waals surface area contributed by atoms with Gasteiger partial charge in [0.2, 0.25) is 12.3 Å². The van der Waals surface area contributed by atoms with Crippen molar-refractivity contribution >= 4 is 29.8 Å². The molecule has 0 radical (unpaired) electrons. The number of halogens is 1. The molecule has 3 fully saturated rings. The first kappa shape index (κ1) is 19.5. The summed E-state index contributed by atoms with van der Waals surface area (Å²) in [5.74, 6) is -0.248. The number of benzene rings is 1. The van der Waals surface area contributed by atoms with Gasteiger partial charge in [0.25, 0.3) is 0 Å². The lowest BCUT2D eigenvalue weighted by Crippen LogP contribution is -2.44. The van der Waals surface area contributed by atoms with E-state index in [0.717, 1.165) is 32.3 Å². The van der Waals surface area contributed by atoms with Crippen molar-refractivity contribution in [1.29, 1.82) is 0 Å². The molecule has 0 aliphatic carbocycles. The zero-order valence-corrected chi connectivity index (χ0v) is 16.3. The molecule has 4 rings (SSSR count). The van der Waals surface area contributed by atoms with Crippen LogP contribution in [0.15, 0.2) is 18.2 Å². The van der Waals surface area contributed by atoms with Crippen LogP contribution in [-0.2, 0) is 14.3 Å². The predicted octanol–water partition coefficient (Wildman–Crippen LogP) is 1.34. The lowest BCUT2D eigenvalue weighted by molar-refractivity contribution is -0.122. The zero-order chi connectivity index (χ0) is 20.5. The van der Waals surface area contributed by atoms with Gasteiger partial charge in [-0.1, -0.05) is 0 Å². The second kappa shape index (κ2) is 7.88. The van der Waals surface area contributed by atoms with Crippen molar-refractivity contribution in [3.63, 3.8) is 0 Å². The van der Waals surface area contributed by atoms with Crippen molar-refractivity contribution in [2.45, 2.75) is 31.9 Å². The SMILES string of the molecule is CC(=O)NC[C@H]1CN(c2ccc(N3C[C@H]4CCCN(C=O)[C@H]4C3)c(F)c2)C(=O)O1. The van der Waals surface area contributed by atoms with Crippen LogP contribution in [0.3, 0.4) is 0 Å². The molecule has 8 nitrogen and oxygen atoms in total. The Morgan fingerprint density at radius 2 is 2.17 bits per heavy atom. The second-order valence-electron chi connectivity index (χ2n) is 7.91. The number of hydrogen-bond acceptors (Lipinski definition) is 5. The summed E-state index contributed by atoms with van der Waals surface area (Å²) in [6.45, 7) is 3.96. The highest BCUT2D eigenvalue weighted by Gasteiger charge is 2.39. The Morgan fingerprint density at radius 3 is 2.90 bits per heavy atom. The summed E-state index contributed by atoms with van der Waals surface area (Å²) in [6.07, 6.45) is 1.90. The molecular formula is C20H25FN4O4. The molecule has 1 N–H and O–H groups in total. The van der Waals surface area contributed by atoms with Gasteiger partial charge in [-0.3, -0.25) is 14.5 Å². The number of hydrogen-bond donors (Lipinski definition) is 1. The van der Waals surface area contributed by atoms with Crippen molar-refractivity contribution in [1.82, 2.24) is 10.2 Å². The van der Waals surface area contributed by atoms with E-state index in [1.54, 1.807) is 12.1 Å². The lowest BCUT2D eigenvalue weighted by Gasteiger charge is -2.33. The number of carbonyl (C=O) groups excluding carboxylic acids is 3. The molecule has 0 unspecified atom stereocenters. The van der Waals surface area contributed by atoms with Crippen LogP contribution in [-0.4, -0.2) is 68.2 Å². The molecular weight excluding hydrogens is 379 g/mol. The molecule has 3 atom stereocenters. The van der Waals surface area contributed by atoms with Gasteiger partial charge < -0.3 is 19.9 Å². The van der Waals surface area contributed by atoms with Crippen LogP contribution in [0.25, 0.3) is 0 Å². The van der Waals surface area contributed by atoms with Gasteiger partial charge in [0.1, 0.15) is 11.9 Å². The fourth-order valence-corrected chi connectivity index (χ4v) is 4.56. The van der Waals surface area contributed by atoms with Gasteiger partial charge in [-0.05, 0) is 37.0 Å². The van der Waals surface area contributed by atoms with Crippen molar-refractivity contribution in [3.8, 4) is 0 Å². The number of fused-ring (bicyclic) bond motifs is 1. The van der Waals surface area contributed by atoms with E-state index < -0.39 is 18.0 Å². The third kappa shape index (κ3) is 3.86. The van der Waals surface area contributed by atoms with E-state index in [9.17, 15) is 18.8 Å². The van der Waals surface area contributed by atoms with E-state index in [-0.39, 0.29) is 25.0 Å². The first-order chi connectivity index (χ1) is 14.0. The minimum atomic E-state index is -0.554. The average molecular weight is 404 g/mol. The molecule has 0 bridgehead atoms. The number of likely N-dealkylation sites (tertiary alicyclic amines) is 1. The van der Waals surface area contributed by atoms with Gasteiger partial charge in [-0.25, -0.2) is 9.18 Å². The van der Waals surface area contributed by atoms with Crippen LogP contribution in [0.5, 0.6) is 0 Å². The van der Waals surface area contributed by atoms with Crippen LogP contribution in [0.4, 0.5) is 20.6 Å². The molecule has 3 saturated heterocycles. The number of nitrogens with zero attached hydrogens (tertiary/aromatic N) is 3. The summed E-state index contributed by atoms with van der Waals surface area (Å²) in [5, 5.41) is 2.62. The van der Waals surface area contributed by atoms with Gasteiger partial charge in [0, 0.05) is 26.6 Å². The number of piperidine rings is 1. The summed E-state index contributed by atoms with van der Waals surface area (Å²) >= 11 is 0. The molecule has 3 aliphatic heterocycles. The molecule has 1 aromatic carbocycles. The molecule has 3 heterocycles. The maximum Gasteiger partial charge on any atom is 0.414 e. The van der Waals surface area contributed by atoms with Gasteiger partial charge in [-0.15, -0.1) is 0 Å². The Hall–Kier alpha value is -2.84. The second-order valence-corrected chi connectivity index (χ2v) is 7.91. The number of anilines is 2. The smallest absolute Gasteiger partial charge is 0.414 e. The first-order valence-electron chi connectivity index (χ1n) is 9.94. The van der Waals surface area contributed by atoms with Crippen molar-refractivity contribution in [2.24, 2.45) is 5.92 Å². The van der Waals surface area contributed by atoms with E-state index >= 15 is 0 Å². The highest BCUT2D eigenvalue weighted by molar-refractivity contribution is 5.90. The third-order valence-electron chi connectivity index (χ3n) is 6.00. The standard InChI is InChI=1S/C20H25FN4O4/c1-13(27)22-8-16-10-25(20(28)29-16)15-4-5-18(17(21)7-15)24-9-14-3-2-6-23(12-26)19(14)11-24/h4-5,7,12,14,16,19H,2-3,6,8-11H2,1H3,(H,22,27)/t14-,16+,19+/m1/s1.